The molecule has 70 valence electrons. The molecule has 1 aliphatic rings. The molecule has 1 aromatic carbocycles. The Balaban J connectivity index is 2.69. The summed E-state index contributed by atoms with van der Waals surface area (Å²) < 4.78 is 1.20. The van der Waals surface area contributed by atoms with Crippen LogP contribution >= 0.6 is 31.9 Å². The molecule has 4 heteroatoms. The monoisotopic (exact) mass is 314 g/mol. The zero-order chi connectivity index (χ0) is 10.3. The van der Waals surface area contributed by atoms with E-state index in [4.69, 9.17) is 0 Å². The molecular formula is C10H4Br2O2. The molecule has 0 amide bonds. The van der Waals surface area contributed by atoms with Gasteiger partial charge in [-0.25, -0.2) is 0 Å². The number of allylic oxidation sites excluding steroid dienone is 1. The number of rotatable bonds is 0. The van der Waals surface area contributed by atoms with E-state index >= 15 is 0 Å². The summed E-state index contributed by atoms with van der Waals surface area (Å²) in [6.07, 6.45) is 1.66. The van der Waals surface area contributed by atoms with Crippen molar-refractivity contribution >= 4 is 49.5 Å². The van der Waals surface area contributed by atoms with Gasteiger partial charge in [0.15, 0.2) is 0 Å². The molecule has 0 saturated heterocycles. The molecule has 0 aliphatic heterocycles. The van der Waals surface area contributed by atoms with Crippen molar-refractivity contribution < 1.29 is 9.59 Å². The standard InChI is InChI=1S/C10H4Br2O2/c11-6-1-2-7-5(3-6)4-8(12)10(14)9(7)13/h1-4H. The number of Topliss-reactive ketones (excluding diaryl/α,β-unsaturated/α-hetero) is 2. The minimum absolute atomic E-state index is 0.313. The maximum absolute atomic E-state index is 11.5. The van der Waals surface area contributed by atoms with Crippen molar-refractivity contribution in [1.82, 2.24) is 0 Å². The Hall–Kier alpha value is -0.740. The lowest BCUT2D eigenvalue weighted by molar-refractivity contribution is -0.111. The second kappa shape index (κ2) is 3.44. The van der Waals surface area contributed by atoms with Crippen LogP contribution < -0.4 is 0 Å². The molecule has 0 bridgehead atoms. The summed E-state index contributed by atoms with van der Waals surface area (Å²) >= 11 is 6.37. The largest absolute Gasteiger partial charge is 0.285 e. The molecule has 0 unspecified atom stereocenters. The first kappa shape index (κ1) is 9.80. The van der Waals surface area contributed by atoms with E-state index in [1.165, 1.54) is 0 Å². The lowest BCUT2D eigenvalue weighted by Gasteiger charge is -2.10. The van der Waals surface area contributed by atoms with Gasteiger partial charge in [0.25, 0.3) is 0 Å². The summed E-state index contributed by atoms with van der Waals surface area (Å²) in [6.45, 7) is 0. The molecule has 0 spiro atoms. The molecule has 1 aromatic rings. The van der Waals surface area contributed by atoms with Gasteiger partial charge in [-0.2, -0.15) is 0 Å². The van der Waals surface area contributed by atoms with E-state index in [0.29, 0.717) is 10.0 Å². The molecule has 14 heavy (non-hydrogen) atoms. The average molecular weight is 316 g/mol. The first-order chi connectivity index (χ1) is 6.59. The summed E-state index contributed by atoms with van der Waals surface area (Å²) in [5.41, 5.74) is 1.22. The quantitative estimate of drug-likeness (QED) is 0.690. The highest BCUT2D eigenvalue weighted by Gasteiger charge is 2.25. The van der Waals surface area contributed by atoms with Gasteiger partial charge in [-0.15, -0.1) is 0 Å². The third kappa shape index (κ3) is 1.48. The van der Waals surface area contributed by atoms with E-state index in [0.717, 1.165) is 10.0 Å². The minimum Gasteiger partial charge on any atom is -0.285 e. The number of carbonyl (C=O) groups excluding carboxylic acids is 2. The van der Waals surface area contributed by atoms with Crippen LogP contribution in [-0.4, -0.2) is 11.6 Å². The van der Waals surface area contributed by atoms with Crippen molar-refractivity contribution in [2.24, 2.45) is 0 Å². The van der Waals surface area contributed by atoms with Gasteiger partial charge >= 0.3 is 0 Å². The van der Waals surface area contributed by atoms with Crippen molar-refractivity contribution in [2.45, 2.75) is 0 Å². The maximum atomic E-state index is 11.5. The Morgan fingerprint density at radius 1 is 1.00 bits per heavy atom. The number of carbonyl (C=O) groups is 2. The number of fused-ring (bicyclic) bond motifs is 1. The van der Waals surface area contributed by atoms with Crippen molar-refractivity contribution in [1.29, 1.82) is 0 Å². The molecule has 2 rings (SSSR count). The third-order valence-corrected chi connectivity index (χ3v) is 3.05. The zero-order valence-electron chi connectivity index (χ0n) is 6.88. The van der Waals surface area contributed by atoms with Gasteiger partial charge in [0.1, 0.15) is 0 Å². The third-order valence-electron chi connectivity index (χ3n) is 1.96. The second-order valence-corrected chi connectivity index (χ2v) is 4.65. The van der Waals surface area contributed by atoms with Gasteiger partial charge in [0.2, 0.25) is 11.6 Å². The molecule has 0 saturated carbocycles. The summed E-state index contributed by atoms with van der Waals surface area (Å²) in [5, 5.41) is 0. The van der Waals surface area contributed by atoms with Gasteiger partial charge in [-0.3, -0.25) is 9.59 Å². The fourth-order valence-corrected chi connectivity index (χ4v) is 2.10. The Kier molecular flexibility index (Phi) is 2.41. The predicted molar refractivity (Wildman–Crippen MR) is 60.4 cm³/mol. The lowest BCUT2D eigenvalue weighted by Crippen LogP contribution is -2.18. The van der Waals surface area contributed by atoms with Crippen molar-refractivity contribution in [2.75, 3.05) is 0 Å². The highest BCUT2D eigenvalue weighted by Crippen LogP contribution is 2.27. The van der Waals surface area contributed by atoms with Crippen LogP contribution in [0.3, 0.4) is 0 Å². The lowest BCUT2D eigenvalue weighted by atomic mass is 9.96. The predicted octanol–water partition coefficient (Wildman–Crippen LogP) is 2.95. The smallest absolute Gasteiger partial charge is 0.240 e. The highest BCUT2D eigenvalue weighted by molar-refractivity contribution is 9.12. The molecule has 0 fully saturated rings. The summed E-state index contributed by atoms with van der Waals surface area (Å²) in [5.74, 6) is -0.943. The normalized spacial score (nSPS) is 15.1. The maximum Gasteiger partial charge on any atom is 0.240 e. The number of hydrogen-bond donors (Lipinski definition) is 0. The molecule has 0 radical (unpaired) electrons. The first-order valence-electron chi connectivity index (χ1n) is 3.85. The van der Waals surface area contributed by atoms with Crippen molar-refractivity contribution in [3.8, 4) is 0 Å². The van der Waals surface area contributed by atoms with Gasteiger partial charge < -0.3 is 0 Å². The van der Waals surface area contributed by atoms with Gasteiger partial charge in [0.05, 0.1) is 4.48 Å². The van der Waals surface area contributed by atoms with E-state index in [1.54, 1.807) is 24.3 Å². The zero-order valence-corrected chi connectivity index (χ0v) is 10.1. The van der Waals surface area contributed by atoms with E-state index < -0.39 is 11.6 Å². The van der Waals surface area contributed by atoms with Gasteiger partial charge in [0, 0.05) is 10.0 Å². The topological polar surface area (TPSA) is 34.1 Å². The summed E-state index contributed by atoms with van der Waals surface area (Å²) in [7, 11) is 0. The minimum atomic E-state index is -0.486. The molecule has 2 nitrogen and oxygen atoms in total. The van der Waals surface area contributed by atoms with Crippen LogP contribution in [0.5, 0.6) is 0 Å². The van der Waals surface area contributed by atoms with E-state index in [2.05, 4.69) is 31.9 Å². The van der Waals surface area contributed by atoms with Crippen LogP contribution in [-0.2, 0) is 4.79 Å². The first-order valence-corrected chi connectivity index (χ1v) is 5.44. The average Bonchev–Trinajstić information content (AvgIpc) is 2.14. The van der Waals surface area contributed by atoms with Crippen LogP contribution in [0.4, 0.5) is 0 Å². The number of benzene rings is 1. The molecule has 1 aliphatic carbocycles. The van der Waals surface area contributed by atoms with Crippen LogP contribution in [0.15, 0.2) is 27.2 Å². The number of ketones is 2. The highest BCUT2D eigenvalue weighted by atomic mass is 79.9. The fourth-order valence-electron chi connectivity index (χ4n) is 1.29. The molecule has 0 aromatic heterocycles. The van der Waals surface area contributed by atoms with E-state index in [-0.39, 0.29) is 0 Å². The Bertz CT molecular complexity index is 475. The van der Waals surface area contributed by atoms with Crippen molar-refractivity contribution in [3.05, 3.63) is 38.3 Å². The Morgan fingerprint density at radius 3 is 2.43 bits per heavy atom. The Morgan fingerprint density at radius 2 is 1.71 bits per heavy atom. The molecule has 0 heterocycles. The van der Waals surface area contributed by atoms with Gasteiger partial charge in [-0.05, 0) is 45.8 Å². The van der Waals surface area contributed by atoms with E-state index in [9.17, 15) is 9.59 Å². The molecule has 0 atom stereocenters. The van der Waals surface area contributed by atoms with Gasteiger partial charge in [-0.1, -0.05) is 15.9 Å². The van der Waals surface area contributed by atoms with Crippen LogP contribution in [0.1, 0.15) is 15.9 Å². The SMILES string of the molecule is O=C1C(=O)c2ccc(Br)cc2C=C1Br. The molecule has 0 N–H and O–H groups in total. The summed E-state index contributed by atoms with van der Waals surface area (Å²) in [6, 6.07) is 5.20. The van der Waals surface area contributed by atoms with Crippen LogP contribution in [0.2, 0.25) is 0 Å². The number of hydrogen-bond acceptors (Lipinski definition) is 2. The van der Waals surface area contributed by atoms with Crippen LogP contribution in [0, 0.1) is 0 Å². The van der Waals surface area contributed by atoms with Crippen LogP contribution in [0.25, 0.3) is 6.08 Å². The van der Waals surface area contributed by atoms with Crippen molar-refractivity contribution in [3.63, 3.8) is 0 Å². The second-order valence-electron chi connectivity index (χ2n) is 2.88. The Labute approximate surface area is 97.3 Å². The number of halogens is 2. The summed E-state index contributed by atoms with van der Waals surface area (Å²) in [4.78, 5) is 22.8. The van der Waals surface area contributed by atoms with E-state index in [1.807, 2.05) is 0 Å². The fraction of sp³-hybridized carbons (Fsp3) is 0. The molecular weight excluding hydrogens is 312 g/mol.